The topological polar surface area (TPSA) is 104 Å². The van der Waals surface area contributed by atoms with Gasteiger partial charge in [-0.2, -0.15) is 5.10 Å². The fraction of sp³-hybridized carbons (Fsp3) is 0.231. The summed E-state index contributed by atoms with van der Waals surface area (Å²) in [4.78, 5) is 26.6. The van der Waals surface area contributed by atoms with Crippen molar-refractivity contribution >= 4 is 40.9 Å². The van der Waals surface area contributed by atoms with Crippen molar-refractivity contribution in [3.8, 4) is 11.1 Å². The molecule has 3 heterocycles. The number of anilines is 2. The molecule has 0 aliphatic carbocycles. The van der Waals surface area contributed by atoms with Gasteiger partial charge in [0.1, 0.15) is 5.69 Å². The molecule has 0 saturated carbocycles. The van der Waals surface area contributed by atoms with E-state index in [1.807, 2.05) is 48.5 Å². The Morgan fingerprint density at radius 1 is 1.11 bits per heavy atom. The first-order valence-corrected chi connectivity index (χ1v) is 12.2. The summed E-state index contributed by atoms with van der Waals surface area (Å²) in [6.07, 6.45) is 4.82. The number of piperazine rings is 1. The molecule has 9 nitrogen and oxygen atoms in total. The van der Waals surface area contributed by atoms with Crippen molar-refractivity contribution in [2.45, 2.75) is 0 Å². The van der Waals surface area contributed by atoms with Gasteiger partial charge < -0.3 is 16.0 Å². The first-order valence-electron chi connectivity index (χ1n) is 11.8. The van der Waals surface area contributed by atoms with Gasteiger partial charge in [0.05, 0.1) is 30.5 Å². The van der Waals surface area contributed by atoms with Crippen molar-refractivity contribution in [2.24, 2.45) is 10.7 Å². The zero-order chi connectivity index (χ0) is 24.9. The summed E-state index contributed by atoms with van der Waals surface area (Å²) in [5, 5.41) is 8.06. The van der Waals surface area contributed by atoms with Crippen LogP contribution in [-0.4, -0.2) is 71.0 Å². The summed E-state index contributed by atoms with van der Waals surface area (Å²) < 4.78 is 1.65. The van der Waals surface area contributed by atoms with Crippen LogP contribution in [0.25, 0.3) is 16.8 Å². The van der Waals surface area contributed by atoms with Crippen LogP contribution >= 0.6 is 11.6 Å². The normalized spacial score (nSPS) is 14.5. The van der Waals surface area contributed by atoms with Crippen molar-refractivity contribution in [3.63, 3.8) is 0 Å². The zero-order valence-corrected chi connectivity index (χ0v) is 20.5. The number of para-hydroxylation sites is 2. The number of halogens is 1. The second-order valence-corrected chi connectivity index (χ2v) is 8.94. The van der Waals surface area contributed by atoms with Crippen LogP contribution in [0.2, 0.25) is 5.02 Å². The molecule has 1 saturated heterocycles. The van der Waals surface area contributed by atoms with E-state index in [2.05, 4.69) is 30.2 Å². The number of hydrogen-bond acceptors (Lipinski definition) is 6. The molecular formula is C26H27ClN8O. The highest BCUT2D eigenvalue weighted by molar-refractivity contribution is 6.30. The van der Waals surface area contributed by atoms with Gasteiger partial charge in [0.25, 0.3) is 5.91 Å². The Bertz CT molecular complexity index is 1390. The average Bonchev–Trinajstić information content (AvgIpc) is 3.33. The van der Waals surface area contributed by atoms with Crippen LogP contribution in [-0.2, 0) is 0 Å². The van der Waals surface area contributed by atoms with E-state index >= 15 is 0 Å². The molecule has 0 bridgehead atoms. The predicted molar refractivity (Wildman–Crippen MR) is 144 cm³/mol. The lowest BCUT2D eigenvalue weighted by Gasteiger charge is -2.36. The minimum Gasteiger partial charge on any atom is -0.390 e. The Labute approximate surface area is 214 Å². The molecule has 184 valence electrons. The van der Waals surface area contributed by atoms with E-state index in [0.29, 0.717) is 22.9 Å². The van der Waals surface area contributed by atoms with Crippen LogP contribution in [0.15, 0.2) is 72.0 Å². The number of hydrogen-bond donors (Lipinski definition) is 2. The quantitative estimate of drug-likeness (QED) is 0.296. The Morgan fingerprint density at radius 2 is 1.94 bits per heavy atom. The second kappa shape index (κ2) is 10.8. The number of aromatic nitrogens is 3. The van der Waals surface area contributed by atoms with Gasteiger partial charge in [-0.1, -0.05) is 35.9 Å². The number of nitrogens with two attached hydrogens (primary N) is 1. The maximum Gasteiger partial charge on any atom is 0.274 e. The lowest BCUT2D eigenvalue weighted by Crippen LogP contribution is -2.47. The fourth-order valence-corrected chi connectivity index (χ4v) is 4.57. The summed E-state index contributed by atoms with van der Waals surface area (Å²) in [6, 6.07) is 17.0. The minimum absolute atomic E-state index is 0.276. The molecule has 4 aromatic rings. The third-order valence-corrected chi connectivity index (χ3v) is 6.49. The molecule has 0 radical (unpaired) electrons. The number of carbonyl (C=O) groups excluding carboxylic acids is 1. The third kappa shape index (κ3) is 5.17. The van der Waals surface area contributed by atoms with Crippen molar-refractivity contribution in [1.82, 2.24) is 19.5 Å². The predicted octanol–water partition coefficient (Wildman–Crippen LogP) is 3.41. The van der Waals surface area contributed by atoms with Gasteiger partial charge >= 0.3 is 0 Å². The number of carbonyl (C=O) groups is 1. The van der Waals surface area contributed by atoms with Gasteiger partial charge in [0, 0.05) is 49.5 Å². The van der Waals surface area contributed by atoms with Crippen LogP contribution in [0, 0.1) is 0 Å². The summed E-state index contributed by atoms with van der Waals surface area (Å²) in [6.45, 7) is 5.17. The fourth-order valence-electron chi connectivity index (χ4n) is 4.38. The lowest BCUT2D eigenvalue weighted by molar-refractivity contribution is 0.102. The maximum atomic E-state index is 13.2. The molecule has 36 heavy (non-hydrogen) atoms. The number of aliphatic imine (C=N–C) groups is 1. The monoisotopic (exact) mass is 502 g/mol. The molecule has 5 rings (SSSR count). The highest BCUT2D eigenvalue weighted by atomic mass is 35.5. The van der Waals surface area contributed by atoms with Crippen molar-refractivity contribution in [3.05, 3.63) is 77.7 Å². The number of fused-ring (bicyclic) bond motifs is 1. The summed E-state index contributed by atoms with van der Waals surface area (Å²) in [5.41, 5.74) is 9.69. The van der Waals surface area contributed by atoms with E-state index in [1.54, 1.807) is 23.0 Å². The molecule has 0 spiro atoms. The molecule has 0 unspecified atom stereocenters. The molecule has 1 fully saturated rings. The molecule has 2 aromatic carbocycles. The van der Waals surface area contributed by atoms with Crippen molar-refractivity contribution < 1.29 is 4.79 Å². The molecule has 2 aromatic heterocycles. The van der Waals surface area contributed by atoms with Gasteiger partial charge in [-0.3, -0.25) is 14.7 Å². The van der Waals surface area contributed by atoms with Gasteiger partial charge in [0.2, 0.25) is 0 Å². The molecule has 1 amide bonds. The lowest BCUT2D eigenvalue weighted by atomic mass is 10.1. The second-order valence-electron chi connectivity index (χ2n) is 8.50. The number of amides is 1. The molecule has 1 aliphatic rings. The first-order chi connectivity index (χ1) is 17.6. The average molecular weight is 503 g/mol. The van der Waals surface area contributed by atoms with E-state index in [1.165, 1.54) is 6.34 Å². The zero-order valence-electron chi connectivity index (χ0n) is 19.7. The van der Waals surface area contributed by atoms with Crippen LogP contribution < -0.4 is 16.0 Å². The molecular weight excluding hydrogens is 476 g/mol. The van der Waals surface area contributed by atoms with E-state index in [4.69, 9.17) is 17.3 Å². The van der Waals surface area contributed by atoms with Crippen LogP contribution in [0.3, 0.4) is 0 Å². The van der Waals surface area contributed by atoms with Gasteiger partial charge in [-0.15, -0.1) is 0 Å². The van der Waals surface area contributed by atoms with Crippen LogP contribution in [0.1, 0.15) is 10.5 Å². The minimum atomic E-state index is -0.276. The van der Waals surface area contributed by atoms with E-state index in [-0.39, 0.29) is 5.91 Å². The Balaban J connectivity index is 1.33. The third-order valence-electron chi connectivity index (χ3n) is 6.25. The maximum absolute atomic E-state index is 13.2. The van der Waals surface area contributed by atoms with Crippen LogP contribution in [0.5, 0.6) is 0 Å². The van der Waals surface area contributed by atoms with Crippen molar-refractivity contribution in [2.75, 3.05) is 49.5 Å². The van der Waals surface area contributed by atoms with E-state index in [0.717, 1.165) is 55.2 Å². The largest absolute Gasteiger partial charge is 0.390 e. The SMILES string of the molecule is NC=NCCN1CCN(c2ccccc2NC(=O)c2ccn3ncc(-c4cccc(Cl)c4)c3n2)CC1. The smallest absolute Gasteiger partial charge is 0.274 e. The highest BCUT2D eigenvalue weighted by Gasteiger charge is 2.20. The first kappa shape index (κ1) is 23.8. The number of benzene rings is 2. The van der Waals surface area contributed by atoms with Crippen LogP contribution in [0.4, 0.5) is 11.4 Å². The summed E-state index contributed by atoms with van der Waals surface area (Å²) in [7, 11) is 0. The molecule has 3 N–H and O–H groups in total. The summed E-state index contributed by atoms with van der Waals surface area (Å²) >= 11 is 6.17. The van der Waals surface area contributed by atoms with Gasteiger partial charge in [-0.25, -0.2) is 9.50 Å². The van der Waals surface area contributed by atoms with E-state index < -0.39 is 0 Å². The molecule has 1 aliphatic heterocycles. The number of rotatable bonds is 7. The number of nitrogens with zero attached hydrogens (tertiary/aromatic N) is 6. The Morgan fingerprint density at radius 3 is 2.75 bits per heavy atom. The standard InChI is InChI=1S/C26H27ClN8O/c27-20-5-3-4-19(16-20)21-17-30-35-10-8-23(31-25(21)35)26(36)32-22-6-1-2-7-24(22)34-14-12-33(13-15-34)11-9-29-18-28/h1-8,10,16-18H,9,11-15H2,(H2,28,29)(H,32,36). The number of nitrogens with one attached hydrogen (secondary N) is 1. The van der Waals surface area contributed by atoms with Gasteiger partial charge in [-0.05, 0) is 35.9 Å². The Hall–Kier alpha value is -3.95. The van der Waals surface area contributed by atoms with Gasteiger partial charge in [0.15, 0.2) is 5.65 Å². The molecule has 10 heteroatoms. The van der Waals surface area contributed by atoms with E-state index in [9.17, 15) is 4.79 Å². The summed E-state index contributed by atoms with van der Waals surface area (Å²) in [5.74, 6) is -0.276. The molecule has 0 atom stereocenters. The highest BCUT2D eigenvalue weighted by Crippen LogP contribution is 2.28. The van der Waals surface area contributed by atoms with Crippen molar-refractivity contribution in [1.29, 1.82) is 0 Å². The Kier molecular flexibility index (Phi) is 7.11.